The number of rotatable bonds is 8. The lowest BCUT2D eigenvalue weighted by atomic mass is 10.1. The molecule has 5 heteroatoms. The Balaban J connectivity index is 2.10. The van der Waals surface area contributed by atoms with Crippen LogP contribution in [0.3, 0.4) is 0 Å². The molecule has 2 aromatic rings. The molecule has 2 aromatic carbocycles. The molecule has 0 bridgehead atoms. The Morgan fingerprint density at radius 3 is 2.22 bits per heavy atom. The van der Waals surface area contributed by atoms with Crippen molar-refractivity contribution in [3.63, 3.8) is 0 Å². The lowest BCUT2D eigenvalue weighted by molar-refractivity contribution is -0.138. The summed E-state index contributed by atoms with van der Waals surface area (Å²) < 4.78 is 0. The normalized spacial score (nSPS) is 11.9. The smallest absolute Gasteiger partial charge is 0.242 e. The van der Waals surface area contributed by atoms with Crippen molar-refractivity contribution < 1.29 is 9.59 Å². The van der Waals surface area contributed by atoms with Crippen molar-refractivity contribution in [2.24, 2.45) is 0 Å². The van der Waals surface area contributed by atoms with Crippen LogP contribution in [0, 0.1) is 6.92 Å². The topological polar surface area (TPSA) is 49.4 Å². The number of carbonyl (C=O) groups is 2. The molecule has 0 aliphatic rings. The summed E-state index contributed by atoms with van der Waals surface area (Å²) in [6.07, 6.45) is 0. The minimum Gasteiger partial charge on any atom is -0.352 e. The second-order valence-electron chi connectivity index (χ2n) is 6.95. The van der Waals surface area contributed by atoms with E-state index in [0.29, 0.717) is 12.3 Å². The lowest BCUT2D eigenvalue weighted by Gasteiger charge is -2.29. The molecule has 0 saturated heterocycles. The van der Waals surface area contributed by atoms with Gasteiger partial charge in [0.1, 0.15) is 6.04 Å². The lowest BCUT2D eigenvalue weighted by Crippen LogP contribution is -2.49. The van der Waals surface area contributed by atoms with Gasteiger partial charge in [0.15, 0.2) is 0 Å². The van der Waals surface area contributed by atoms with Crippen LogP contribution in [0.2, 0.25) is 0 Å². The summed E-state index contributed by atoms with van der Waals surface area (Å²) in [6.45, 7) is 8.08. The van der Waals surface area contributed by atoms with Crippen molar-refractivity contribution in [1.82, 2.24) is 10.2 Å². The molecule has 4 nitrogen and oxygen atoms in total. The molecule has 0 saturated carbocycles. The molecule has 0 fully saturated rings. The van der Waals surface area contributed by atoms with E-state index in [1.165, 1.54) is 17.3 Å². The first kappa shape index (κ1) is 21.0. The number of benzene rings is 2. The summed E-state index contributed by atoms with van der Waals surface area (Å²) in [4.78, 5) is 28.1. The molecule has 0 aliphatic heterocycles. The Morgan fingerprint density at radius 2 is 1.63 bits per heavy atom. The molecule has 0 unspecified atom stereocenters. The molecule has 0 spiro atoms. The number of aryl methyl sites for hydroxylation is 1. The first-order chi connectivity index (χ1) is 12.9. The van der Waals surface area contributed by atoms with E-state index < -0.39 is 6.04 Å². The monoisotopic (exact) mass is 384 g/mol. The van der Waals surface area contributed by atoms with E-state index in [1.807, 2.05) is 75.4 Å². The number of thioether (sulfide) groups is 1. The fourth-order valence-electron chi connectivity index (χ4n) is 2.63. The first-order valence-electron chi connectivity index (χ1n) is 9.20. The van der Waals surface area contributed by atoms with E-state index >= 15 is 0 Å². The SMILES string of the molecule is Cc1ccc(SCC(=O)N(Cc2ccccc2)[C@@H](C)C(=O)NC(C)C)cc1. The van der Waals surface area contributed by atoms with Gasteiger partial charge in [-0.05, 0) is 45.4 Å². The molecule has 27 heavy (non-hydrogen) atoms. The predicted octanol–water partition coefficient (Wildman–Crippen LogP) is 4.03. The average molecular weight is 385 g/mol. The zero-order valence-corrected chi connectivity index (χ0v) is 17.3. The van der Waals surface area contributed by atoms with Gasteiger partial charge in [-0.2, -0.15) is 0 Å². The average Bonchev–Trinajstić information content (AvgIpc) is 2.65. The minimum atomic E-state index is -0.529. The van der Waals surface area contributed by atoms with Crippen LogP contribution < -0.4 is 5.32 Å². The second-order valence-corrected chi connectivity index (χ2v) is 8.00. The largest absolute Gasteiger partial charge is 0.352 e. The Kier molecular flexibility index (Phi) is 7.92. The summed E-state index contributed by atoms with van der Waals surface area (Å²) in [6, 6.07) is 17.4. The second kappa shape index (κ2) is 10.2. The molecule has 0 heterocycles. The Morgan fingerprint density at radius 1 is 1.00 bits per heavy atom. The van der Waals surface area contributed by atoms with E-state index in [1.54, 1.807) is 11.8 Å². The van der Waals surface area contributed by atoms with Gasteiger partial charge in [0.2, 0.25) is 11.8 Å². The first-order valence-corrected chi connectivity index (χ1v) is 10.2. The van der Waals surface area contributed by atoms with E-state index in [2.05, 4.69) is 5.32 Å². The highest BCUT2D eigenvalue weighted by Gasteiger charge is 2.26. The van der Waals surface area contributed by atoms with E-state index in [4.69, 9.17) is 0 Å². The third-order valence-electron chi connectivity index (χ3n) is 4.18. The maximum atomic E-state index is 12.9. The predicted molar refractivity (Wildman–Crippen MR) is 112 cm³/mol. The zero-order chi connectivity index (χ0) is 19.8. The van der Waals surface area contributed by atoms with Crippen LogP contribution in [-0.2, 0) is 16.1 Å². The van der Waals surface area contributed by atoms with Crippen molar-refractivity contribution >= 4 is 23.6 Å². The van der Waals surface area contributed by atoms with Gasteiger partial charge in [0, 0.05) is 17.5 Å². The fraction of sp³-hybridized carbons (Fsp3) is 0.364. The summed E-state index contributed by atoms with van der Waals surface area (Å²) in [5.74, 6) is 0.125. The summed E-state index contributed by atoms with van der Waals surface area (Å²) >= 11 is 1.50. The molecular weight excluding hydrogens is 356 g/mol. The van der Waals surface area contributed by atoms with Crippen molar-refractivity contribution in [2.75, 3.05) is 5.75 Å². The number of hydrogen-bond donors (Lipinski definition) is 1. The Bertz CT molecular complexity index is 745. The molecule has 0 radical (unpaired) electrons. The molecule has 2 amide bonds. The van der Waals surface area contributed by atoms with Crippen molar-refractivity contribution in [2.45, 2.75) is 51.2 Å². The van der Waals surface area contributed by atoms with Gasteiger partial charge in [0.05, 0.1) is 5.75 Å². The summed E-state index contributed by atoms with van der Waals surface area (Å²) in [5.41, 5.74) is 2.20. The molecular formula is C22H28N2O2S. The molecule has 0 aliphatic carbocycles. The van der Waals surface area contributed by atoms with Gasteiger partial charge in [-0.1, -0.05) is 48.0 Å². The number of nitrogens with zero attached hydrogens (tertiary/aromatic N) is 1. The number of carbonyl (C=O) groups excluding carboxylic acids is 2. The van der Waals surface area contributed by atoms with Crippen LogP contribution in [0.15, 0.2) is 59.5 Å². The molecule has 2 rings (SSSR count). The van der Waals surface area contributed by atoms with Crippen molar-refractivity contribution in [3.8, 4) is 0 Å². The van der Waals surface area contributed by atoms with Crippen LogP contribution >= 0.6 is 11.8 Å². The van der Waals surface area contributed by atoms with Crippen LogP contribution in [0.4, 0.5) is 0 Å². The van der Waals surface area contributed by atoms with Crippen LogP contribution in [0.25, 0.3) is 0 Å². The Labute approximate surface area is 166 Å². The highest BCUT2D eigenvalue weighted by atomic mass is 32.2. The fourth-order valence-corrected chi connectivity index (χ4v) is 3.41. The van der Waals surface area contributed by atoms with Crippen molar-refractivity contribution in [1.29, 1.82) is 0 Å². The van der Waals surface area contributed by atoms with Gasteiger partial charge in [-0.15, -0.1) is 11.8 Å². The number of nitrogens with one attached hydrogen (secondary N) is 1. The van der Waals surface area contributed by atoms with E-state index in [9.17, 15) is 9.59 Å². The Hall–Kier alpha value is -2.27. The van der Waals surface area contributed by atoms with Crippen LogP contribution in [0.1, 0.15) is 31.9 Å². The standard InChI is InChI=1S/C22H28N2O2S/c1-16(2)23-22(26)18(4)24(14-19-8-6-5-7-9-19)21(25)15-27-20-12-10-17(3)11-13-20/h5-13,16,18H,14-15H2,1-4H3,(H,23,26)/t18-/m0/s1. The van der Waals surface area contributed by atoms with Crippen molar-refractivity contribution in [3.05, 3.63) is 65.7 Å². The van der Waals surface area contributed by atoms with Gasteiger partial charge in [-0.25, -0.2) is 0 Å². The van der Waals surface area contributed by atoms with Crippen LogP contribution in [-0.4, -0.2) is 34.6 Å². The van der Waals surface area contributed by atoms with Crippen LogP contribution in [0.5, 0.6) is 0 Å². The molecule has 1 N–H and O–H groups in total. The van der Waals surface area contributed by atoms with E-state index in [0.717, 1.165) is 10.5 Å². The zero-order valence-electron chi connectivity index (χ0n) is 16.4. The quantitative estimate of drug-likeness (QED) is 0.699. The molecule has 0 aromatic heterocycles. The van der Waals surface area contributed by atoms with Gasteiger partial charge in [0.25, 0.3) is 0 Å². The van der Waals surface area contributed by atoms with E-state index in [-0.39, 0.29) is 17.9 Å². The van der Waals surface area contributed by atoms with Gasteiger partial charge < -0.3 is 10.2 Å². The highest BCUT2D eigenvalue weighted by molar-refractivity contribution is 8.00. The summed E-state index contributed by atoms with van der Waals surface area (Å²) in [5, 5.41) is 2.90. The van der Waals surface area contributed by atoms with Gasteiger partial charge in [-0.3, -0.25) is 9.59 Å². The minimum absolute atomic E-state index is 0.0376. The highest BCUT2D eigenvalue weighted by Crippen LogP contribution is 2.20. The number of hydrogen-bond acceptors (Lipinski definition) is 3. The van der Waals surface area contributed by atoms with Gasteiger partial charge >= 0.3 is 0 Å². The number of amides is 2. The molecule has 1 atom stereocenters. The summed E-state index contributed by atoms with van der Waals surface area (Å²) in [7, 11) is 0. The molecule has 144 valence electrons. The maximum Gasteiger partial charge on any atom is 0.242 e. The third kappa shape index (κ3) is 6.75. The maximum absolute atomic E-state index is 12.9. The third-order valence-corrected chi connectivity index (χ3v) is 5.17.